The van der Waals surface area contributed by atoms with Crippen LogP contribution >= 0.6 is 0 Å². The van der Waals surface area contributed by atoms with E-state index >= 15 is 0 Å². The molecule has 6 N–H and O–H groups in total. The third-order valence-electron chi connectivity index (χ3n) is 4.70. The molecule has 152 valence electrons. The zero-order valence-corrected chi connectivity index (χ0v) is 16.6. The van der Waals surface area contributed by atoms with Crippen LogP contribution in [-0.4, -0.2) is 28.0 Å². The van der Waals surface area contributed by atoms with Gasteiger partial charge in [-0.25, -0.2) is 9.37 Å². The highest BCUT2D eigenvalue weighted by Gasteiger charge is 2.22. The van der Waals surface area contributed by atoms with Crippen LogP contribution in [0.15, 0.2) is 42.6 Å². The van der Waals surface area contributed by atoms with E-state index < -0.39 is 11.7 Å². The summed E-state index contributed by atoms with van der Waals surface area (Å²) in [7, 11) is 0. The Morgan fingerprint density at radius 3 is 2.55 bits per heavy atom. The zero-order chi connectivity index (χ0) is 21.1. The topological polar surface area (TPSA) is 119 Å². The third kappa shape index (κ3) is 4.60. The predicted molar refractivity (Wildman–Crippen MR) is 114 cm³/mol. The molecular formula is C21H25FN6O. The van der Waals surface area contributed by atoms with Gasteiger partial charge in [0.05, 0.1) is 11.1 Å². The first-order valence-corrected chi connectivity index (χ1v) is 9.40. The largest absolute Gasteiger partial charge is 0.365 e. The molecule has 0 bridgehead atoms. The van der Waals surface area contributed by atoms with Crippen LogP contribution in [-0.2, 0) is 0 Å². The van der Waals surface area contributed by atoms with Crippen LogP contribution in [0.5, 0.6) is 0 Å². The number of fused-ring (bicyclic) bond motifs is 1. The molecule has 2 heterocycles. The van der Waals surface area contributed by atoms with Crippen LogP contribution in [0.1, 0.15) is 31.1 Å². The molecule has 3 rings (SSSR count). The van der Waals surface area contributed by atoms with Crippen LogP contribution in [0.4, 0.5) is 21.7 Å². The van der Waals surface area contributed by atoms with E-state index in [2.05, 4.69) is 20.6 Å². The van der Waals surface area contributed by atoms with Crippen LogP contribution < -0.4 is 22.1 Å². The van der Waals surface area contributed by atoms with Gasteiger partial charge < -0.3 is 22.1 Å². The van der Waals surface area contributed by atoms with Crippen LogP contribution in [0.25, 0.3) is 10.9 Å². The lowest BCUT2D eigenvalue weighted by molar-refractivity contribution is 0.100. The van der Waals surface area contributed by atoms with Crippen LogP contribution in [0.3, 0.4) is 0 Å². The molecule has 0 spiro atoms. The summed E-state index contributed by atoms with van der Waals surface area (Å²) in [5.41, 5.74) is 12.9. The first-order valence-electron chi connectivity index (χ1n) is 9.40. The van der Waals surface area contributed by atoms with Gasteiger partial charge in [0, 0.05) is 29.4 Å². The molecule has 0 fully saturated rings. The number of nitrogens with two attached hydrogens (primary N) is 2. The van der Waals surface area contributed by atoms with Gasteiger partial charge in [-0.3, -0.25) is 9.78 Å². The van der Waals surface area contributed by atoms with Gasteiger partial charge in [-0.05, 0) is 43.2 Å². The monoisotopic (exact) mass is 396 g/mol. The molecular weight excluding hydrogens is 371 g/mol. The standard InChI is InChI=1S/C21H25FN6O/c1-11(2)18(12(3)23)27-21-16(22)10-15(19(24)29)20(28-21)26-14-6-7-17-13(9-14)5-4-8-25-17/h4-12,18H,23H2,1-3H3,(H2,24,29)(H2,26,27,28)/t12-,18+/m0/s1. The Kier molecular flexibility index (Phi) is 5.93. The molecule has 2 aromatic heterocycles. The molecule has 7 nitrogen and oxygen atoms in total. The smallest absolute Gasteiger partial charge is 0.252 e. The summed E-state index contributed by atoms with van der Waals surface area (Å²) in [4.78, 5) is 20.4. The van der Waals surface area contributed by atoms with E-state index in [1.807, 2.05) is 45.0 Å². The Balaban J connectivity index is 2.00. The maximum atomic E-state index is 14.6. The van der Waals surface area contributed by atoms with E-state index in [0.29, 0.717) is 5.69 Å². The van der Waals surface area contributed by atoms with Gasteiger partial charge in [-0.2, -0.15) is 0 Å². The summed E-state index contributed by atoms with van der Waals surface area (Å²) in [6.45, 7) is 5.81. The van der Waals surface area contributed by atoms with Crippen molar-refractivity contribution in [3.05, 3.63) is 54.0 Å². The average Bonchev–Trinajstić information content (AvgIpc) is 2.67. The fraction of sp³-hybridized carbons (Fsp3) is 0.286. The molecule has 0 aliphatic heterocycles. The SMILES string of the molecule is CC(C)[C@@H](Nc1nc(Nc2ccc3ncccc3c2)c(C(N)=O)cc1F)[C@H](C)N. The van der Waals surface area contributed by atoms with E-state index in [9.17, 15) is 9.18 Å². The number of hydrogen-bond acceptors (Lipinski definition) is 6. The quantitative estimate of drug-likeness (QED) is 0.486. The second-order valence-electron chi connectivity index (χ2n) is 7.39. The lowest BCUT2D eigenvalue weighted by Gasteiger charge is -2.27. The van der Waals surface area contributed by atoms with E-state index in [-0.39, 0.29) is 35.2 Å². The van der Waals surface area contributed by atoms with Gasteiger partial charge in [0.1, 0.15) is 5.82 Å². The number of anilines is 3. The van der Waals surface area contributed by atoms with E-state index in [1.54, 1.807) is 12.3 Å². The molecule has 0 saturated carbocycles. The Bertz CT molecular complexity index is 1030. The maximum Gasteiger partial charge on any atom is 0.252 e. The number of nitrogens with zero attached hydrogens (tertiary/aromatic N) is 2. The van der Waals surface area contributed by atoms with Crippen molar-refractivity contribution in [2.75, 3.05) is 10.6 Å². The molecule has 2 atom stereocenters. The van der Waals surface area contributed by atoms with Crippen molar-refractivity contribution in [3.63, 3.8) is 0 Å². The van der Waals surface area contributed by atoms with E-state index in [0.717, 1.165) is 17.0 Å². The molecule has 29 heavy (non-hydrogen) atoms. The molecule has 1 amide bonds. The minimum atomic E-state index is -0.777. The zero-order valence-electron chi connectivity index (χ0n) is 16.6. The first kappa shape index (κ1) is 20.5. The number of carbonyl (C=O) groups is 1. The minimum Gasteiger partial charge on any atom is -0.365 e. The fourth-order valence-corrected chi connectivity index (χ4v) is 3.23. The number of pyridine rings is 2. The Morgan fingerprint density at radius 2 is 1.90 bits per heavy atom. The van der Waals surface area contributed by atoms with Crippen molar-refractivity contribution in [2.45, 2.75) is 32.9 Å². The molecule has 0 unspecified atom stereocenters. The number of rotatable bonds is 7. The van der Waals surface area contributed by atoms with Crippen LogP contribution in [0.2, 0.25) is 0 Å². The second-order valence-corrected chi connectivity index (χ2v) is 7.39. The average molecular weight is 396 g/mol. The van der Waals surface area contributed by atoms with Crippen LogP contribution in [0, 0.1) is 11.7 Å². The maximum absolute atomic E-state index is 14.6. The van der Waals surface area contributed by atoms with E-state index in [1.165, 1.54) is 0 Å². The number of primary amides is 1. The number of hydrogen-bond donors (Lipinski definition) is 4. The Hall–Kier alpha value is -3.26. The number of amides is 1. The summed E-state index contributed by atoms with van der Waals surface area (Å²) in [6.07, 6.45) is 1.71. The summed E-state index contributed by atoms with van der Waals surface area (Å²) in [6, 6.07) is 9.92. The Labute approximate surface area is 168 Å². The minimum absolute atomic E-state index is 0.0101. The van der Waals surface area contributed by atoms with Gasteiger partial charge in [0.15, 0.2) is 11.6 Å². The van der Waals surface area contributed by atoms with Gasteiger partial charge >= 0.3 is 0 Å². The number of halogens is 1. The first-order chi connectivity index (χ1) is 13.8. The van der Waals surface area contributed by atoms with Crippen molar-refractivity contribution in [1.29, 1.82) is 0 Å². The molecule has 8 heteroatoms. The lowest BCUT2D eigenvalue weighted by atomic mass is 9.98. The predicted octanol–water partition coefficient (Wildman–Crippen LogP) is 3.40. The number of nitrogens with one attached hydrogen (secondary N) is 2. The van der Waals surface area contributed by atoms with Crippen molar-refractivity contribution in [3.8, 4) is 0 Å². The summed E-state index contributed by atoms with van der Waals surface area (Å²) >= 11 is 0. The molecule has 0 aliphatic carbocycles. The summed E-state index contributed by atoms with van der Waals surface area (Å²) in [5.74, 6) is -1.12. The molecule has 0 aliphatic rings. The Morgan fingerprint density at radius 1 is 1.14 bits per heavy atom. The van der Waals surface area contributed by atoms with Gasteiger partial charge in [0.2, 0.25) is 0 Å². The van der Waals surface area contributed by atoms with Gasteiger partial charge in [0.25, 0.3) is 5.91 Å². The highest BCUT2D eigenvalue weighted by Crippen LogP contribution is 2.26. The van der Waals surface area contributed by atoms with Crippen molar-refractivity contribution >= 4 is 34.1 Å². The molecule has 3 aromatic rings. The lowest BCUT2D eigenvalue weighted by Crippen LogP contribution is -2.42. The highest BCUT2D eigenvalue weighted by molar-refractivity contribution is 5.99. The summed E-state index contributed by atoms with van der Waals surface area (Å²) in [5, 5.41) is 7.03. The fourth-order valence-electron chi connectivity index (χ4n) is 3.23. The normalized spacial score (nSPS) is 13.3. The highest BCUT2D eigenvalue weighted by atomic mass is 19.1. The van der Waals surface area contributed by atoms with Crippen molar-refractivity contribution in [1.82, 2.24) is 9.97 Å². The van der Waals surface area contributed by atoms with Gasteiger partial charge in [-0.15, -0.1) is 0 Å². The third-order valence-corrected chi connectivity index (χ3v) is 4.70. The van der Waals surface area contributed by atoms with Crippen molar-refractivity contribution in [2.24, 2.45) is 17.4 Å². The van der Waals surface area contributed by atoms with E-state index in [4.69, 9.17) is 11.5 Å². The van der Waals surface area contributed by atoms with Gasteiger partial charge in [-0.1, -0.05) is 19.9 Å². The number of benzene rings is 1. The number of aromatic nitrogens is 2. The second kappa shape index (κ2) is 8.40. The summed E-state index contributed by atoms with van der Waals surface area (Å²) < 4.78 is 14.6. The molecule has 0 saturated heterocycles. The number of carbonyl (C=O) groups excluding carboxylic acids is 1. The molecule has 0 radical (unpaired) electrons. The molecule has 1 aromatic carbocycles. The van der Waals surface area contributed by atoms with Crippen molar-refractivity contribution < 1.29 is 9.18 Å².